The van der Waals surface area contributed by atoms with Crippen LogP contribution in [-0.4, -0.2) is 15.0 Å². The highest BCUT2D eigenvalue weighted by atomic mass is 15.2. The van der Waals surface area contributed by atoms with Crippen molar-refractivity contribution in [1.29, 1.82) is 0 Å². The zero-order valence-corrected chi connectivity index (χ0v) is 8.44. The Balaban J connectivity index is 2.40. The van der Waals surface area contributed by atoms with E-state index in [1.165, 1.54) is 0 Å². The second-order valence-electron chi connectivity index (χ2n) is 3.31. The SMILES string of the molecule is Cc1ccncc1C(NN)c1ncc[nH]1. The van der Waals surface area contributed by atoms with Crippen LogP contribution in [-0.2, 0) is 0 Å². The van der Waals surface area contributed by atoms with Gasteiger partial charge >= 0.3 is 0 Å². The molecule has 15 heavy (non-hydrogen) atoms. The second-order valence-corrected chi connectivity index (χ2v) is 3.31. The molecule has 2 rings (SSSR count). The van der Waals surface area contributed by atoms with Crippen molar-refractivity contribution in [2.45, 2.75) is 13.0 Å². The van der Waals surface area contributed by atoms with Crippen LogP contribution in [0.4, 0.5) is 0 Å². The second kappa shape index (κ2) is 4.20. The van der Waals surface area contributed by atoms with Crippen LogP contribution in [0.2, 0.25) is 0 Å². The van der Waals surface area contributed by atoms with Gasteiger partial charge in [-0.2, -0.15) is 0 Å². The van der Waals surface area contributed by atoms with E-state index in [9.17, 15) is 0 Å². The molecule has 78 valence electrons. The Hall–Kier alpha value is -1.72. The largest absolute Gasteiger partial charge is 0.347 e. The fourth-order valence-corrected chi connectivity index (χ4v) is 1.53. The molecule has 4 N–H and O–H groups in total. The van der Waals surface area contributed by atoms with Crippen LogP contribution in [0.3, 0.4) is 0 Å². The van der Waals surface area contributed by atoms with E-state index >= 15 is 0 Å². The van der Waals surface area contributed by atoms with Crippen molar-refractivity contribution in [3.63, 3.8) is 0 Å². The van der Waals surface area contributed by atoms with Crippen LogP contribution in [0.1, 0.15) is 23.0 Å². The highest BCUT2D eigenvalue weighted by Crippen LogP contribution is 2.19. The molecule has 1 atom stereocenters. The van der Waals surface area contributed by atoms with Gasteiger partial charge in [0.2, 0.25) is 0 Å². The number of pyridine rings is 1. The van der Waals surface area contributed by atoms with Gasteiger partial charge in [-0.15, -0.1) is 0 Å². The third-order valence-corrected chi connectivity index (χ3v) is 2.35. The molecular formula is C10H13N5. The van der Waals surface area contributed by atoms with E-state index in [-0.39, 0.29) is 6.04 Å². The molecule has 0 amide bonds. The molecule has 1 unspecified atom stereocenters. The summed E-state index contributed by atoms with van der Waals surface area (Å²) in [5, 5.41) is 0. The summed E-state index contributed by atoms with van der Waals surface area (Å²) in [7, 11) is 0. The van der Waals surface area contributed by atoms with Gasteiger partial charge in [0.1, 0.15) is 11.9 Å². The van der Waals surface area contributed by atoms with E-state index in [1.807, 2.05) is 13.0 Å². The van der Waals surface area contributed by atoms with Crippen molar-refractivity contribution in [2.24, 2.45) is 5.84 Å². The Morgan fingerprint density at radius 1 is 1.47 bits per heavy atom. The number of aromatic amines is 1. The van der Waals surface area contributed by atoms with Crippen LogP contribution in [0.25, 0.3) is 0 Å². The number of hydrogen-bond donors (Lipinski definition) is 3. The van der Waals surface area contributed by atoms with Crippen molar-refractivity contribution in [1.82, 2.24) is 20.4 Å². The van der Waals surface area contributed by atoms with Gasteiger partial charge in [0.15, 0.2) is 0 Å². The third-order valence-electron chi connectivity index (χ3n) is 2.35. The molecule has 0 aromatic carbocycles. The van der Waals surface area contributed by atoms with Gasteiger partial charge < -0.3 is 4.98 Å². The van der Waals surface area contributed by atoms with Crippen molar-refractivity contribution >= 4 is 0 Å². The Bertz CT molecular complexity index is 423. The average molecular weight is 203 g/mol. The minimum absolute atomic E-state index is 0.145. The molecule has 0 spiro atoms. The average Bonchev–Trinajstić information content (AvgIpc) is 2.75. The maximum Gasteiger partial charge on any atom is 0.129 e. The van der Waals surface area contributed by atoms with Crippen molar-refractivity contribution in [3.05, 3.63) is 47.8 Å². The fourth-order valence-electron chi connectivity index (χ4n) is 1.53. The number of hydrazine groups is 1. The summed E-state index contributed by atoms with van der Waals surface area (Å²) in [6, 6.07) is 1.80. The molecule has 0 bridgehead atoms. The molecule has 0 saturated carbocycles. The van der Waals surface area contributed by atoms with Gasteiger partial charge in [0.25, 0.3) is 0 Å². The molecule has 0 fully saturated rings. The molecule has 2 aromatic rings. The molecule has 5 nitrogen and oxygen atoms in total. The smallest absolute Gasteiger partial charge is 0.129 e. The van der Waals surface area contributed by atoms with Gasteiger partial charge in [0, 0.05) is 24.8 Å². The maximum atomic E-state index is 5.53. The Kier molecular flexibility index (Phi) is 2.75. The van der Waals surface area contributed by atoms with E-state index in [2.05, 4.69) is 20.4 Å². The summed E-state index contributed by atoms with van der Waals surface area (Å²) in [4.78, 5) is 11.3. The number of nitrogens with one attached hydrogen (secondary N) is 2. The monoisotopic (exact) mass is 203 g/mol. The summed E-state index contributed by atoms with van der Waals surface area (Å²) < 4.78 is 0. The number of aryl methyl sites for hydroxylation is 1. The van der Waals surface area contributed by atoms with Crippen molar-refractivity contribution < 1.29 is 0 Å². The van der Waals surface area contributed by atoms with Crippen LogP contribution in [0.15, 0.2) is 30.9 Å². The maximum absolute atomic E-state index is 5.53. The van der Waals surface area contributed by atoms with E-state index in [1.54, 1.807) is 24.8 Å². The highest BCUT2D eigenvalue weighted by Gasteiger charge is 2.16. The minimum atomic E-state index is -0.145. The summed E-state index contributed by atoms with van der Waals surface area (Å²) in [5.74, 6) is 6.31. The normalized spacial score (nSPS) is 12.7. The first-order chi connectivity index (χ1) is 7.33. The van der Waals surface area contributed by atoms with Crippen LogP contribution in [0, 0.1) is 6.92 Å². The summed E-state index contributed by atoms with van der Waals surface area (Å²) in [5.41, 5.74) is 4.88. The predicted octanol–water partition coefficient (Wildman–Crippen LogP) is 0.666. The number of aromatic nitrogens is 3. The fraction of sp³-hybridized carbons (Fsp3) is 0.200. The highest BCUT2D eigenvalue weighted by molar-refractivity contribution is 5.29. The van der Waals surface area contributed by atoms with E-state index < -0.39 is 0 Å². The van der Waals surface area contributed by atoms with Crippen molar-refractivity contribution in [3.8, 4) is 0 Å². The lowest BCUT2D eigenvalue weighted by atomic mass is 10.0. The molecular weight excluding hydrogens is 190 g/mol. The number of H-pyrrole nitrogens is 1. The van der Waals surface area contributed by atoms with Crippen LogP contribution < -0.4 is 11.3 Å². The molecule has 0 saturated heterocycles. The van der Waals surface area contributed by atoms with Crippen LogP contribution in [0.5, 0.6) is 0 Å². The van der Waals surface area contributed by atoms with Crippen LogP contribution >= 0.6 is 0 Å². The standard InChI is InChI=1S/C10H13N5/c1-7-2-3-12-6-8(7)9(15-11)10-13-4-5-14-10/h2-6,9,15H,11H2,1H3,(H,13,14). The van der Waals surface area contributed by atoms with Gasteiger partial charge in [-0.1, -0.05) is 0 Å². The minimum Gasteiger partial charge on any atom is -0.347 e. The first-order valence-corrected chi connectivity index (χ1v) is 4.69. The quantitative estimate of drug-likeness (QED) is 0.506. The zero-order valence-electron chi connectivity index (χ0n) is 8.44. The van der Waals surface area contributed by atoms with Gasteiger partial charge in [-0.25, -0.2) is 10.4 Å². The summed E-state index contributed by atoms with van der Waals surface area (Å²) in [6.07, 6.45) is 7.02. The number of rotatable bonds is 3. The molecule has 0 aliphatic heterocycles. The molecule has 0 aliphatic rings. The molecule has 5 heteroatoms. The first kappa shape index (κ1) is 9.82. The number of hydrogen-bond acceptors (Lipinski definition) is 4. The Labute approximate surface area is 87.7 Å². The topological polar surface area (TPSA) is 79.6 Å². The lowest BCUT2D eigenvalue weighted by Crippen LogP contribution is -2.30. The van der Waals surface area contributed by atoms with Gasteiger partial charge in [-0.05, 0) is 24.1 Å². The molecule has 0 radical (unpaired) electrons. The lowest BCUT2D eigenvalue weighted by Gasteiger charge is -2.15. The number of imidazole rings is 1. The Morgan fingerprint density at radius 3 is 2.93 bits per heavy atom. The molecule has 2 heterocycles. The third kappa shape index (κ3) is 1.88. The molecule has 2 aromatic heterocycles. The zero-order chi connectivity index (χ0) is 10.7. The number of nitrogens with zero attached hydrogens (tertiary/aromatic N) is 2. The predicted molar refractivity (Wildman–Crippen MR) is 56.7 cm³/mol. The van der Waals surface area contributed by atoms with Gasteiger partial charge in [0.05, 0.1) is 0 Å². The van der Waals surface area contributed by atoms with E-state index in [0.717, 1.165) is 17.0 Å². The van der Waals surface area contributed by atoms with Crippen molar-refractivity contribution in [2.75, 3.05) is 0 Å². The lowest BCUT2D eigenvalue weighted by molar-refractivity contribution is 0.603. The van der Waals surface area contributed by atoms with E-state index in [0.29, 0.717) is 0 Å². The Morgan fingerprint density at radius 2 is 2.33 bits per heavy atom. The first-order valence-electron chi connectivity index (χ1n) is 4.69. The van der Waals surface area contributed by atoms with E-state index in [4.69, 9.17) is 5.84 Å². The van der Waals surface area contributed by atoms with Gasteiger partial charge in [-0.3, -0.25) is 10.8 Å². The number of nitrogens with two attached hydrogens (primary N) is 1. The summed E-state index contributed by atoms with van der Waals surface area (Å²) >= 11 is 0. The summed E-state index contributed by atoms with van der Waals surface area (Å²) in [6.45, 7) is 2.02. The molecule has 0 aliphatic carbocycles.